The molecule has 4 N–H and O–H groups in total. The lowest BCUT2D eigenvalue weighted by atomic mass is 9.81. The molecule has 6 nitrogen and oxygen atoms in total. The van der Waals surface area contributed by atoms with Crippen LogP contribution in [-0.2, 0) is 4.74 Å². The van der Waals surface area contributed by atoms with Gasteiger partial charge in [-0.2, -0.15) is 0 Å². The molecule has 0 aliphatic carbocycles. The van der Waals surface area contributed by atoms with E-state index in [4.69, 9.17) is 10.5 Å². The predicted octanol–water partition coefficient (Wildman–Crippen LogP) is 4.91. The summed E-state index contributed by atoms with van der Waals surface area (Å²) in [7, 11) is 0. The second-order valence-electron chi connectivity index (χ2n) is 7.97. The normalized spacial score (nSPS) is 13.7. The Morgan fingerprint density at radius 1 is 1.14 bits per heavy atom. The summed E-state index contributed by atoms with van der Waals surface area (Å²) < 4.78 is 6.42. The number of hydrogen-bond acceptors (Lipinski definition) is 3. The van der Waals surface area contributed by atoms with Crippen molar-refractivity contribution in [2.24, 2.45) is 11.1 Å². The van der Waals surface area contributed by atoms with E-state index in [1.54, 1.807) is 24.3 Å². The second-order valence-corrected chi connectivity index (χ2v) is 8.89. The Hall–Kier alpha value is -2.80. The predicted molar refractivity (Wildman–Crippen MR) is 117 cm³/mol. The van der Waals surface area contributed by atoms with Crippen LogP contribution < -0.4 is 11.1 Å². The van der Waals surface area contributed by atoms with E-state index < -0.39 is 23.7 Å². The van der Waals surface area contributed by atoms with E-state index in [1.807, 2.05) is 51.2 Å². The highest BCUT2D eigenvalue weighted by Gasteiger charge is 2.38. The zero-order valence-electron chi connectivity index (χ0n) is 16.5. The number of ether oxygens (including phenoxy) is 1. The number of H-pyrrole nitrogens is 1. The van der Waals surface area contributed by atoms with Gasteiger partial charge in [-0.3, -0.25) is 4.79 Å². The van der Waals surface area contributed by atoms with Crippen LogP contribution in [0.2, 0.25) is 0 Å². The van der Waals surface area contributed by atoms with Gasteiger partial charge in [0.25, 0.3) is 5.91 Å². The van der Waals surface area contributed by atoms with Gasteiger partial charge in [-0.25, -0.2) is 4.79 Å². The number of fused-ring (bicyclic) bond motifs is 1. The molecule has 1 aromatic heterocycles. The minimum absolute atomic E-state index is 0.262. The van der Waals surface area contributed by atoms with Crippen LogP contribution in [0.25, 0.3) is 10.9 Å². The summed E-state index contributed by atoms with van der Waals surface area (Å²) in [6, 6.07) is 14.1. The molecule has 1 heterocycles. The highest BCUT2D eigenvalue weighted by Crippen LogP contribution is 2.37. The number of hydrogen-bond donors (Lipinski definition) is 3. The molecule has 2 amide bonds. The minimum Gasteiger partial charge on any atom is -0.443 e. The van der Waals surface area contributed by atoms with Crippen LogP contribution in [0.1, 0.15) is 42.7 Å². The first-order valence-corrected chi connectivity index (χ1v) is 10.0. The molecule has 29 heavy (non-hydrogen) atoms. The molecule has 0 radical (unpaired) electrons. The molecule has 2 aromatic carbocycles. The first kappa shape index (κ1) is 20.9. The molecule has 2 unspecified atom stereocenters. The number of rotatable bonds is 5. The van der Waals surface area contributed by atoms with Gasteiger partial charge < -0.3 is 20.8 Å². The summed E-state index contributed by atoms with van der Waals surface area (Å²) in [6.45, 7) is 5.81. The van der Waals surface area contributed by atoms with E-state index in [0.29, 0.717) is 5.56 Å². The van der Waals surface area contributed by atoms with Crippen molar-refractivity contribution < 1.29 is 14.3 Å². The number of carbonyl (C=O) groups is 2. The highest BCUT2D eigenvalue weighted by molar-refractivity contribution is 9.10. The lowest BCUT2D eigenvalue weighted by molar-refractivity contribution is 0.0104. The number of aromatic nitrogens is 1. The standard InChI is InChI=1S/C22H24BrN3O3/c1-22(2,3)19(29-21(24)28)18(26-20(27)13-7-5-4-6-8-13)16-12-25-17-10-9-14(23)11-15(16)17/h4-12,18-19,25H,1-3H3,(H2,24,28)(H,26,27). The van der Waals surface area contributed by atoms with Gasteiger partial charge in [0.2, 0.25) is 0 Å². The summed E-state index contributed by atoms with van der Waals surface area (Å²) in [6.07, 6.45) is 0.256. The van der Waals surface area contributed by atoms with Crippen LogP contribution in [0.15, 0.2) is 59.2 Å². The van der Waals surface area contributed by atoms with E-state index >= 15 is 0 Å². The fourth-order valence-corrected chi connectivity index (χ4v) is 3.73. The number of amides is 2. The van der Waals surface area contributed by atoms with Crippen molar-refractivity contribution in [3.63, 3.8) is 0 Å². The maximum atomic E-state index is 13.0. The molecule has 0 bridgehead atoms. The Morgan fingerprint density at radius 3 is 2.45 bits per heavy atom. The van der Waals surface area contributed by atoms with Gasteiger partial charge in [0.15, 0.2) is 0 Å². The van der Waals surface area contributed by atoms with Crippen molar-refractivity contribution in [3.8, 4) is 0 Å². The quantitative estimate of drug-likeness (QED) is 0.507. The molecule has 0 aliphatic heterocycles. The van der Waals surface area contributed by atoms with Gasteiger partial charge in [0, 0.05) is 38.1 Å². The Bertz CT molecular complexity index is 1020. The zero-order valence-corrected chi connectivity index (χ0v) is 18.1. The lowest BCUT2D eigenvalue weighted by Crippen LogP contribution is -2.46. The summed E-state index contributed by atoms with van der Waals surface area (Å²) in [5, 5.41) is 3.97. The summed E-state index contributed by atoms with van der Waals surface area (Å²) >= 11 is 3.50. The maximum Gasteiger partial charge on any atom is 0.404 e. The monoisotopic (exact) mass is 457 g/mol. The highest BCUT2D eigenvalue weighted by atomic mass is 79.9. The molecule has 0 aliphatic rings. The van der Waals surface area contributed by atoms with E-state index in [1.165, 1.54) is 0 Å². The summed E-state index contributed by atoms with van der Waals surface area (Å²) in [5.74, 6) is -0.262. The SMILES string of the molecule is CC(C)(C)C(OC(N)=O)C(NC(=O)c1ccccc1)c1c[nH]c2ccc(Br)cc12. The number of carbonyl (C=O) groups excluding carboxylic acids is 2. The van der Waals surface area contributed by atoms with Gasteiger partial charge in [-0.15, -0.1) is 0 Å². The van der Waals surface area contributed by atoms with Crippen molar-refractivity contribution in [1.82, 2.24) is 10.3 Å². The summed E-state index contributed by atoms with van der Waals surface area (Å²) in [5.41, 5.74) is 7.13. The molecule has 7 heteroatoms. The largest absolute Gasteiger partial charge is 0.443 e. The van der Waals surface area contributed by atoms with Crippen molar-refractivity contribution in [2.75, 3.05) is 0 Å². The van der Waals surface area contributed by atoms with Crippen molar-refractivity contribution >= 4 is 38.8 Å². The van der Waals surface area contributed by atoms with E-state index in [2.05, 4.69) is 26.2 Å². The average molecular weight is 458 g/mol. The summed E-state index contributed by atoms with van der Waals surface area (Å²) in [4.78, 5) is 27.9. The number of nitrogens with two attached hydrogens (primary N) is 1. The van der Waals surface area contributed by atoms with Crippen molar-refractivity contribution in [1.29, 1.82) is 0 Å². The van der Waals surface area contributed by atoms with Gasteiger partial charge in [0.1, 0.15) is 6.10 Å². The van der Waals surface area contributed by atoms with Crippen LogP contribution in [0, 0.1) is 5.41 Å². The molecule has 2 atom stereocenters. The maximum absolute atomic E-state index is 13.0. The third-order valence-electron chi connectivity index (χ3n) is 4.73. The molecular weight excluding hydrogens is 434 g/mol. The molecular formula is C22H24BrN3O3. The Kier molecular flexibility index (Phi) is 5.98. The van der Waals surface area contributed by atoms with Crippen LogP contribution >= 0.6 is 15.9 Å². The third-order valence-corrected chi connectivity index (χ3v) is 5.23. The third kappa shape index (κ3) is 4.79. The molecule has 152 valence electrons. The lowest BCUT2D eigenvalue weighted by Gasteiger charge is -2.36. The number of primary amides is 1. The van der Waals surface area contributed by atoms with Gasteiger partial charge >= 0.3 is 6.09 Å². The van der Waals surface area contributed by atoms with E-state index in [-0.39, 0.29) is 5.91 Å². The van der Waals surface area contributed by atoms with Crippen LogP contribution in [0.3, 0.4) is 0 Å². The first-order chi connectivity index (χ1) is 13.7. The zero-order chi connectivity index (χ0) is 21.2. The molecule has 0 saturated heterocycles. The second kappa shape index (κ2) is 8.29. The molecule has 3 rings (SSSR count). The van der Waals surface area contributed by atoms with Gasteiger partial charge in [-0.1, -0.05) is 54.9 Å². The smallest absolute Gasteiger partial charge is 0.404 e. The molecule has 0 saturated carbocycles. The van der Waals surface area contributed by atoms with Crippen molar-refractivity contribution in [3.05, 3.63) is 70.3 Å². The fraction of sp³-hybridized carbons (Fsp3) is 0.273. The van der Waals surface area contributed by atoms with Gasteiger partial charge in [0.05, 0.1) is 6.04 Å². The number of benzene rings is 2. The van der Waals surface area contributed by atoms with E-state index in [9.17, 15) is 9.59 Å². The molecule has 3 aromatic rings. The Morgan fingerprint density at radius 2 is 1.83 bits per heavy atom. The minimum atomic E-state index is -0.884. The van der Waals surface area contributed by atoms with Crippen molar-refractivity contribution in [2.45, 2.75) is 32.9 Å². The van der Waals surface area contributed by atoms with Crippen LogP contribution in [0.5, 0.6) is 0 Å². The molecule has 0 fully saturated rings. The Balaban J connectivity index is 2.10. The fourth-order valence-electron chi connectivity index (χ4n) is 3.37. The number of nitrogens with one attached hydrogen (secondary N) is 2. The van der Waals surface area contributed by atoms with E-state index in [0.717, 1.165) is 20.9 Å². The number of halogens is 1. The average Bonchev–Trinajstić information content (AvgIpc) is 3.07. The first-order valence-electron chi connectivity index (χ1n) is 9.25. The Labute approximate surface area is 177 Å². The number of aromatic amines is 1. The van der Waals surface area contributed by atoms with Gasteiger partial charge in [-0.05, 0) is 30.3 Å². The topological polar surface area (TPSA) is 97.2 Å². The van der Waals surface area contributed by atoms with Crippen LogP contribution in [0.4, 0.5) is 4.79 Å². The molecule has 0 spiro atoms. The van der Waals surface area contributed by atoms with Crippen LogP contribution in [-0.4, -0.2) is 23.1 Å².